The Morgan fingerprint density at radius 1 is 1.35 bits per heavy atom. The van der Waals surface area contributed by atoms with Crippen molar-refractivity contribution in [1.29, 1.82) is 0 Å². The van der Waals surface area contributed by atoms with Gasteiger partial charge in [-0.2, -0.15) is 0 Å². The molecule has 3 nitrogen and oxygen atoms in total. The number of hydrogen-bond donors (Lipinski definition) is 1. The van der Waals surface area contributed by atoms with E-state index in [4.69, 9.17) is 5.73 Å². The molecule has 0 bridgehead atoms. The zero-order valence-corrected chi connectivity index (χ0v) is 11.1. The predicted molar refractivity (Wildman–Crippen MR) is 70.9 cm³/mol. The first kappa shape index (κ1) is 12.6. The van der Waals surface area contributed by atoms with Crippen LogP contribution < -0.4 is 5.73 Å². The van der Waals surface area contributed by atoms with E-state index in [1.54, 1.807) is 0 Å². The molecule has 2 N–H and O–H groups in total. The summed E-state index contributed by atoms with van der Waals surface area (Å²) in [4.78, 5) is 4.32. The second-order valence-corrected chi connectivity index (χ2v) is 5.71. The summed E-state index contributed by atoms with van der Waals surface area (Å²) >= 11 is 0. The first-order valence-corrected chi connectivity index (χ1v) is 6.94. The van der Waals surface area contributed by atoms with Gasteiger partial charge in [-0.05, 0) is 18.8 Å². The van der Waals surface area contributed by atoms with Crippen molar-refractivity contribution in [3.63, 3.8) is 0 Å². The fraction of sp³-hybridized carbons (Fsp3) is 0.786. The molecule has 0 amide bonds. The molecule has 1 saturated carbocycles. The van der Waals surface area contributed by atoms with Crippen LogP contribution in [0.25, 0.3) is 0 Å². The predicted octanol–water partition coefficient (Wildman–Crippen LogP) is 2.91. The van der Waals surface area contributed by atoms with Crippen LogP contribution in [0.2, 0.25) is 0 Å². The molecule has 1 unspecified atom stereocenters. The Morgan fingerprint density at radius 3 is 2.71 bits per heavy atom. The molecule has 96 valence electrons. The molecule has 1 fully saturated rings. The summed E-state index contributed by atoms with van der Waals surface area (Å²) in [5.41, 5.74) is 7.56. The van der Waals surface area contributed by atoms with E-state index in [1.807, 2.05) is 12.5 Å². The fourth-order valence-corrected chi connectivity index (χ4v) is 2.66. The number of imidazole rings is 1. The van der Waals surface area contributed by atoms with Gasteiger partial charge in [-0.25, -0.2) is 4.98 Å². The van der Waals surface area contributed by atoms with E-state index in [9.17, 15) is 0 Å². The standard InChI is InChI=1S/C14H25N3/c1-11(2)13(15)9-17-10-16-8-14(17)12-6-4-3-5-7-12/h8,10-13H,3-7,9,15H2,1-2H3. The minimum absolute atomic E-state index is 0.228. The minimum Gasteiger partial charge on any atom is -0.333 e. The van der Waals surface area contributed by atoms with E-state index in [2.05, 4.69) is 23.4 Å². The molecule has 1 aliphatic rings. The Bertz CT molecular complexity index is 337. The van der Waals surface area contributed by atoms with Crippen LogP contribution in [-0.2, 0) is 6.54 Å². The third-order valence-corrected chi connectivity index (χ3v) is 4.03. The monoisotopic (exact) mass is 235 g/mol. The van der Waals surface area contributed by atoms with Gasteiger partial charge in [0.1, 0.15) is 0 Å². The molecule has 0 aliphatic heterocycles. The van der Waals surface area contributed by atoms with Gasteiger partial charge >= 0.3 is 0 Å². The average Bonchev–Trinajstić information content (AvgIpc) is 2.78. The number of aromatic nitrogens is 2. The maximum Gasteiger partial charge on any atom is 0.0948 e. The lowest BCUT2D eigenvalue weighted by Gasteiger charge is -2.24. The lowest BCUT2D eigenvalue weighted by molar-refractivity contribution is 0.393. The van der Waals surface area contributed by atoms with Crippen molar-refractivity contribution < 1.29 is 0 Å². The highest BCUT2D eigenvalue weighted by Gasteiger charge is 2.20. The first-order valence-electron chi connectivity index (χ1n) is 6.94. The van der Waals surface area contributed by atoms with E-state index in [0.717, 1.165) is 6.54 Å². The molecule has 1 atom stereocenters. The normalized spacial score (nSPS) is 19.8. The summed E-state index contributed by atoms with van der Waals surface area (Å²) in [7, 11) is 0. The van der Waals surface area contributed by atoms with Crippen LogP contribution in [-0.4, -0.2) is 15.6 Å². The number of nitrogens with two attached hydrogens (primary N) is 1. The number of rotatable bonds is 4. The maximum absolute atomic E-state index is 6.16. The van der Waals surface area contributed by atoms with Gasteiger partial charge in [0.2, 0.25) is 0 Å². The quantitative estimate of drug-likeness (QED) is 0.872. The lowest BCUT2D eigenvalue weighted by Crippen LogP contribution is -2.32. The van der Waals surface area contributed by atoms with E-state index < -0.39 is 0 Å². The molecule has 3 heteroatoms. The summed E-state index contributed by atoms with van der Waals surface area (Å²) in [5, 5.41) is 0. The smallest absolute Gasteiger partial charge is 0.0948 e. The second-order valence-electron chi connectivity index (χ2n) is 5.71. The summed E-state index contributed by atoms with van der Waals surface area (Å²) in [6.45, 7) is 5.27. The van der Waals surface area contributed by atoms with Crippen molar-refractivity contribution in [2.24, 2.45) is 11.7 Å². The van der Waals surface area contributed by atoms with Crippen LogP contribution in [0.4, 0.5) is 0 Å². The minimum atomic E-state index is 0.228. The van der Waals surface area contributed by atoms with Crippen LogP contribution in [0.3, 0.4) is 0 Å². The zero-order valence-electron chi connectivity index (χ0n) is 11.1. The van der Waals surface area contributed by atoms with Crippen LogP contribution in [0.5, 0.6) is 0 Å². The van der Waals surface area contributed by atoms with Gasteiger partial charge < -0.3 is 10.3 Å². The average molecular weight is 235 g/mol. The molecule has 1 aliphatic carbocycles. The van der Waals surface area contributed by atoms with Crippen LogP contribution in [0.15, 0.2) is 12.5 Å². The third-order valence-electron chi connectivity index (χ3n) is 4.03. The molecule has 0 spiro atoms. The summed E-state index contributed by atoms with van der Waals surface area (Å²) in [6.07, 6.45) is 10.8. The molecular weight excluding hydrogens is 210 g/mol. The van der Waals surface area contributed by atoms with E-state index in [0.29, 0.717) is 11.8 Å². The molecule has 0 radical (unpaired) electrons. The van der Waals surface area contributed by atoms with Gasteiger partial charge in [-0.1, -0.05) is 33.1 Å². The van der Waals surface area contributed by atoms with Gasteiger partial charge in [0.05, 0.1) is 6.33 Å². The van der Waals surface area contributed by atoms with Crippen LogP contribution in [0.1, 0.15) is 57.6 Å². The second kappa shape index (κ2) is 5.67. The molecule has 2 rings (SSSR count). The Morgan fingerprint density at radius 2 is 2.06 bits per heavy atom. The van der Waals surface area contributed by atoms with E-state index in [1.165, 1.54) is 37.8 Å². The topological polar surface area (TPSA) is 43.8 Å². The molecule has 0 saturated heterocycles. The molecule has 0 aromatic carbocycles. The Labute approximate surface area is 104 Å². The third kappa shape index (κ3) is 3.09. The van der Waals surface area contributed by atoms with Crippen molar-refractivity contribution in [3.05, 3.63) is 18.2 Å². The maximum atomic E-state index is 6.16. The molecule has 1 aromatic heterocycles. The van der Waals surface area contributed by atoms with Crippen LogP contribution >= 0.6 is 0 Å². The Hall–Kier alpha value is -0.830. The van der Waals surface area contributed by atoms with Crippen molar-refractivity contribution in [1.82, 2.24) is 9.55 Å². The van der Waals surface area contributed by atoms with Crippen molar-refractivity contribution in [3.8, 4) is 0 Å². The molecule has 1 aromatic rings. The van der Waals surface area contributed by atoms with E-state index >= 15 is 0 Å². The molecule has 17 heavy (non-hydrogen) atoms. The first-order chi connectivity index (χ1) is 8.18. The Balaban J connectivity index is 2.05. The van der Waals surface area contributed by atoms with Crippen molar-refractivity contribution in [2.45, 2.75) is 64.5 Å². The van der Waals surface area contributed by atoms with E-state index in [-0.39, 0.29) is 6.04 Å². The van der Waals surface area contributed by atoms with Crippen LogP contribution in [0, 0.1) is 5.92 Å². The van der Waals surface area contributed by atoms with Gasteiger partial charge in [0.15, 0.2) is 0 Å². The molecular formula is C14H25N3. The summed E-state index contributed by atoms with van der Waals surface area (Å²) in [6, 6.07) is 0.228. The van der Waals surface area contributed by atoms with Gasteiger partial charge in [0, 0.05) is 30.4 Å². The summed E-state index contributed by atoms with van der Waals surface area (Å²) < 4.78 is 2.28. The summed E-state index contributed by atoms with van der Waals surface area (Å²) in [5.74, 6) is 1.24. The van der Waals surface area contributed by atoms with Crippen molar-refractivity contribution in [2.75, 3.05) is 0 Å². The van der Waals surface area contributed by atoms with Gasteiger partial charge in [-0.3, -0.25) is 0 Å². The largest absolute Gasteiger partial charge is 0.333 e. The highest BCUT2D eigenvalue weighted by atomic mass is 15.1. The number of hydrogen-bond acceptors (Lipinski definition) is 2. The highest BCUT2D eigenvalue weighted by molar-refractivity contribution is 5.07. The lowest BCUT2D eigenvalue weighted by atomic mass is 9.87. The van der Waals surface area contributed by atoms with Gasteiger partial charge in [0.25, 0.3) is 0 Å². The molecule has 1 heterocycles. The Kier molecular flexibility index (Phi) is 4.21. The van der Waals surface area contributed by atoms with Crippen molar-refractivity contribution >= 4 is 0 Å². The fourth-order valence-electron chi connectivity index (χ4n) is 2.66. The zero-order chi connectivity index (χ0) is 12.3. The SMILES string of the molecule is CC(C)C(N)Cn1cncc1C1CCCCC1. The van der Waals surface area contributed by atoms with Gasteiger partial charge in [-0.15, -0.1) is 0 Å². The number of nitrogens with zero attached hydrogens (tertiary/aromatic N) is 2. The highest BCUT2D eigenvalue weighted by Crippen LogP contribution is 2.32.